The molecule has 0 radical (unpaired) electrons. The van der Waals surface area contributed by atoms with Crippen LogP contribution in [0.15, 0.2) is 35.9 Å². The lowest BCUT2D eigenvalue weighted by Crippen LogP contribution is -2.30. The van der Waals surface area contributed by atoms with E-state index in [9.17, 15) is 14.7 Å². The zero-order valence-corrected chi connectivity index (χ0v) is 19.3. The molecule has 1 aliphatic heterocycles. The summed E-state index contributed by atoms with van der Waals surface area (Å²) >= 11 is 18.5. The van der Waals surface area contributed by atoms with Gasteiger partial charge in [-0.25, -0.2) is 0 Å². The zero-order valence-electron chi connectivity index (χ0n) is 17.0. The van der Waals surface area contributed by atoms with Crippen molar-refractivity contribution in [2.45, 2.75) is 19.4 Å². The highest BCUT2D eigenvalue weighted by Crippen LogP contribution is 2.43. The highest BCUT2D eigenvalue weighted by molar-refractivity contribution is 6.47. The lowest BCUT2D eigenvalue weighted by atomic mass is 9.95. The summed E-state index contributed by atoms with van der Waals surface area (Å²) in [5.74, 6) is -1.36. The first-order valence-electron chi connectivity index (χ1n) is 9.40. The number of rotatable bonds is 6. The van der Waals surface area contributed by atoms with Gasteiger partial charge in [0.15, 0.2) is 0 Å². The van der Waals surface area contributed by atoms with Gasteiger partial charge >= 0.3 is 0 Å². The summed E-state index contributed by atoms with van der Waals surface area (Å²) in [5.41, 5.74) is 0.617. The fourth-order valence-corrected chi connectivity index (χ4v) is 4.12. The van der Waals surface area contributed by atoms with Crippen LogP contribution >= 0.6 is 34.8 Å². The van der Waals surface area contributed by atoms with Crippen LogP contribution in [0.5, 0.6) is 11.5 Å². The van der Waals surface area contributed by atoms with E-state index in [1.54, 1.807) is 18.2 Å². The number of methoxy groups -OCH3 is 2. The summed E-state index contributed by atoms with van der Waals surface area (Å²) in [7, 11) is 2.85. The number of aliphatic hydroxyl groups is 1. The lowest BCUT2D eigenvalue weighted by molar-refractivity contribution is -0.139. The zero-order chi connectivity index (χ0) is 22.9. The molecule has 2 aromatic carbocycles. The smallest absolute Gasteiger partial charge is 0.295 e. The van der Waals surface area contributed by atoms with E-state index in [1.165, 1.54) is 31.3 Å². The normalized spacial score (nSPS) is 17.9. The van der Waals surface area contributed by atoms with Crippen LogP contribution in [0.3, 0.4) is 0 Å². The first-order valence-corrected chi connectivity index (χ1v) is 10.5. The highest BCUT2D eigenvalue weighted by Gasteiger charge is 2.46. The van der Waals surface area contributed by atoms with E-state index < -0.39 is 23.5 Å². The molecule has 0 spiro atoms. The standard InChI is InChI=1S/C22H20Cl3NO5/c1-4-7-26-19(11-5-6-13(23)14(24)8-11)18(21(28)22(26)29)20(27)12-9-15(25)17(31-3)10-16(12)30-2/h5-6,8-10,19,27H,4,7H2,1-3H3/b20-18+. The van der Waals surface area contributed by atoms with E-state index in [-0.39, 0.29) is 26.9 Å². The summed E-state index contributed by atoms with van der Waals surface area (Å²) in [6.07, 6.45) is 0.614. The first-order chi connectivity index (χ1) is 14.7. The van der Waals surface area contributed by atoms with Crippen molar-refractivity contribution in [1.82, 2.24) is 4.90 Å². The second-order valence-electron chi connectivity index (χ2n) is 6.85. The van der Waals surface area contributed by atoms with Crippen molar-refractivity contribution in [3.05, 3.63) is 62.1 Å². The molecule has 1 amide bonds. The number of ether oxygens (including phenoxy) is 2. The van der Waals surface area contributed by atoms with Gasteiger partial charge in [0.1, 0.15) is 17.3 Å². The minimum Gasteiger partial charge on any atom is -0.507 e. The van der Waals surface area contributed by atoms with E-state index in [0.717, 1.165) is 0 Å². The Kier molecular flexibility index (Phi) is 7.04. The number of hydrogen-bond donors (Lipinski definition) is 1. The Labute approximate surface area is 194 Å². The third-order valence-electron chi connectivity index (χ3n) is 4.99. The van der Waals surface area contributed by atoms with Crippen LogP contribution in [0, 0.1) is 0 Å². The maximum absolute atomic E-state index is 13.0. The van der Waals surface area contributed by atoms with Crippen LogP contribution in [-0.4, -0.2) is 42.5 Å². The van der Waals surface area contributed by atoms with Gasteiger partial charge in [-0.3, -0.25) is 9.59 Å². The van der Waals surface area contributed by atoms with Gasteiger partial charge in [0.25, 0.3) is 11.7 Å². The fraction of sp³-hybridized carbons (Fsp3) is 0.273. The Morgan fingerprint density at radius 1 is 1.00 bits per heavy atom. The molecule has 1 unspecified atom stereocenters. The third kappa shape index (κ3) is 4.20. The molecule has 1 N–H and O–H groups in total. The summed E-state index contributed by atoms with van der Waals surface area (Å²) in [5, 5.41) is 12.0. The van der Waals surface area contributed by atoms with Gasteiger partial charge in [-0.15, -0.1) is 0 Å². The van der Waals surface area contributed by atoms with Crippen molar-refractivity contribution < 1.29 is 24.2 Å². The minimum absolute atomic E-state index is 0.0867. The number of carbonyl (C=O) groups is 2. The number of carbonyl (C=O) groups excluding carboxylic acids is 2. The molecule has 0 aromatic heterocycles. The topological polar surface area (TPSA) is 76.1 Å². The number of halogens is 3. The summed E-state index contributed by atoms with van der Waals surface area (Å²) < 4.78 is 10.5. The molecule has 2 aromatic rings. The van der Waals surface area contributed by atoms with Gasteiger partial charge in [-0.1, -0.05) is 47.8 Å². The average molecular weight is 485 g/mol. The van der Waals surface area contributed by atoms with E-state index >= 15 is 0 Å². The van der Waals surface area contributed by atoms with Crippen molar-refractivity contribution in [2.24, 2.45) is 0 Å². The molecule has 3 rings (SSSR count). The van der Waals surface area contributed by atoms with Gasteiger partial charge in [-0.05, 0) is 30.2 Å². The predicted molar refractivity (Wildman–Crippen MR) is 120 cm³/mol. The van der Waals surface area contributed by atoms with E-state index in [1.807, 2.05) is 6.92 Å². The van der Waals surface area contributed by atoms with Crippen LogP contribution in [-0.2, 0) is 9.59 Å². The van der Waals surface area contributed by atoms with Crippen molar-refractivity contribution >= 4 is 52.3 Å². The van der Waals surface area contributed by atoms with Crippen molar-refractivity contribution in [3.63, 3.8) is 0 Å². The molecule has 1 atom stereocenters. The van der Waals surface area contributed by atoms with Crippen molar-refractivity contribution in [2.75, 3.05) is 20.8 Å². The number of ketones is 1. The number of amides is 1. The highest BCUT2D eigenvalue weighted by atomic mass is 35.5. The minimum atomic E-state index is -0.847. The third-order valence-corrected chi connectivity index (χ3v) is 6.03. The van der Waals surface area contributed by atoms with Gasteiger partial charge in [0.05, 0.1) is 46.5 Å². The molecule has 1 fully saturated rings. The van der Waals surface area contributed by atoms with Gasteiger partial charge in [0.2, 0.25) is 0 Å². The van der Waals surface area contributed by atoms with Crippen LogP contribution in [0.4, 0.5) is 0 Å². The number of hydrogen-bond acceptors (Lipinski definition) is 5. The Balaban J connectivity index is 2.28. The van der Waals surface area contributed by atoms with E-state index in [4.69, 9.17) is 44.3 Å². The summed E-state index contributed by atoms with van der Waals surface area (Å²) in [4.78, 5) is 27.2. The molecule has 1 heterocycles. The number of Topliss-reactive ketones (excluding diaryl/α,β-unsaturated/α-hetero) is 1. The van der Waals surface area contributed by atoms with Gasteiger partial charge < -0.3 is 19.5 Å². The molecular weight excluding hydrogens is 465 g/mol. The van der Waals surface area contributed by atoms with Gasteiger partial charge in [0, 0.05) is 12.6 Å². The fourth-order valence-electron chi connectivity index (χ4n) is 3.57. The molecule has 31 heavy (non-hydrogen) atoms. The molecule has 0 bridgehead atoms. The predicted octanol–water partition coefficient (Wildman–Crippen LogP) is 5.50. The monoisotopic (exact) mass is 483 g/mol. The Morgan fingerprint density at radius 3 is 2.26 bits per heavy atom. The second kappa shape index (κ2) is 9.39. The molecule has 164 valence electrons. The molecule has 0 aliphatic carbocycles. The maximum Gasteiger partial charge on any atom is 0.295 e. The lowest BCUT2D eigenvalue weighted by Gasteiger charge is -2.25. The van der Waals surface area contributed by atoms with E-state index in [2.05, 4.69) is 0 Å². The van der Waals surface area contributed by atoms with E-state index in [0.29, 0.717) is 29.3 Å². The van der Waals surface area contributed by atoms with Crippen LogP contribution in [0.1, 0.15) is 30.5 Å². The maximum atomic E-state index is 13.0. The number of benzene rings is 2. The molecule has 6 nitrogen and oxygen atoms in total. The summed E-state index contributed by atoms with van der Waals surface area (Å²) in [6.45, 7) is 2.20. The molecule has 0 saturated carbocycles. The number of aliphatic hydroxyl groups excluding tert-OH is 1. The largest absolute Gasteiger partial charge is 0.507 e. The van der Waals surface area contributed by atoms with Crippen molar-refractivity contribution in [1.29, 1.82) is 0 Å². The van der Waals surface area contributed by atoms with Gasteiger partial charge in [-0.2, -0.15) is 0 Å². The Morgan fingerprint density at radius 2 is 1.68 bits per heavy atom. The molecule has 1 aliphatic rings. The number of nitrogens with zero attached hydrogens (tertiary/aromatic N) is 1. The quantitative estimate of drug-likeness (QED) is 0.333. The van der Waals surface area contributed by atoms with Crippen LogP contribution in [0.25, 0.3) is 5.76 Å². The van der Waals surface area contributed by atoms with Crippen molar-refractivity contribution in [3.8, 4) is 11.5 Å². The second-order valence-corrected chi connectivity index (χ2v) is 8.07. The Hall–Kier alpha value is -2.41. The first kappa shape index (κ1) is 23.3. The molecule has 1 saturated heterocycles. The average Bonchev–Trinajstić information content (AvgIpc) is 3.00. The molecule has 9 heteroatoms. The summed E-state index contributed by atoms with van der Waals surface area (Å²) in [6, 6.07) is 6.89. The Bertz CT molecular complexity index is 1080. The van der Waals surface area contributed by atoms with Crippen LogP contribution in [0.2, 0.25) is 15.1 Å². The SMILES string of the molecule is CCCN1C(=O)C(=O)/C(=C(/O)c2cc(Cl)c(OC)cc2OC)C1c1ccc(Cl)c(Cl)c1. The number of likely N-dealkylation sites (tertiary alicyclic amines) is 1. The molecular formula is C22H20Cl3NO5. The van der Waals surface area contributed by atoms with Crippen LogP contribution < -0.4 is 9.47 Å².